The summed E-state index contributed by atoms with van der Waals surface area (Å²) in [5, 5.41) is 8.63. The number of carbonyl (C=O) groups excluding carboxylic acids is 1. The molecule has 2 rings (SSSR count). The highest BCUT2D eigenvalue weighted by Crippen LogP contribution is 2.18. The maximum Gasteiger partial charge on any atom is 0.304 e. The molecular weight excluding hydrogens is 292 g/mol. The molecule has 0 saturated carbocycles. The molecule has 1 aliphatic heterocycles. The highest BCUT2D eigenvalue weighted by Gasteiger charge is 2.21. The summed E-state index contributed by atoms with van der Waals surface area (Å²) >= 11 is 0. The van der Waals surface area contributed by atoms with Crippen LogP contribution in [-0.2, 0) is 22.6 Å². The fourth-order valence-electron chi connectivity index (χ4n) is 2.41. The zero-order valence-electron chi connectivity index (χ0n) is 12.1. The Hall–Kier alpha value is -1.59. The standard InChI is InChI=1S/C15H20N2O3.ClH/c1-16(8-7-15(19)20)11-14(18)17-9-6-12-4-2-3-5-13(12)10-17;/h2-5H,6-11H2,1H3,(H,19,20);1H. The first-order chi connectivity index (χ1) is 9.56. The Labute approximate surface area is 131 Å². The van der Waals surface area contributed by atoms with Crippen LogP contribution < -0.4 is 0 Å². The van der Waals surface area contributed by atoms with Gasteiger partial charge in [0.2, 0.25) is 5.91 Å². The Balaban J connectivity index is 0.00000220. The third-order valence-corrected chi connectivity index (χ3v) is 3.60. The minimum atomic E-state index is -0.837. The van der Waals surface area contributed by atoms with Gasteiger partial charge in [-0.05, 0) is 24.6 Å². The number of halogens is 1. The van der Waals surface area contributed by atoms with Crippen molar-refractivity contribution < 1.29 is 14.7 Å². The first-order valence-corrected chi connectivity index (χ1v) is 6.81. The van der Waals surface area contributed by atoms with Crippen LogP contribution in [0.5, 0.6) is 0 Å². The van der Waals surface area contributed by atoms with E-state index in [1.54, 1.807) is 11.9 Å². The molecule has 0 atom stereocenters. The second-order valence-electron chi connectivity index (χ2n) is 5.22. The lowest BCUT2D eigenvalue weighted by Gasteiger charge is -2.30. The Morgan fingerprint density at radius 3 is 2.62 bits per heavy atom. The van der Waals surface area contributed by atoms with Crippen molar-refractivity contribution in [1.82, 2.24) is 9.80 Å². The zero-order chi connectivity index (χ0) is 14.5. The molecule has 0 radical (unpaired) electrons. The van der Waals surface area contributed by atoms with Crippen LogP contribution in [0, 0.1) is 0 Å². The average Bonchev–Trinajstić information content (AvgIpc) is 2.44. The van der Waals surface area contributed by atoms with Crippen molar-refractivity contribution in [2.75, 3.05) is 26.7 Å². The van der Waals surface area contributed by atoms with Gasteiger partial charge in [-0.1, -0.05) is 24.3 Å². The van der Waals surface area contributed by atoms with Gasteiger partial charge in [0.15, 0.2) is 0 Å². The molecule has 1 aromatic carbocycles. The van der Waals surface area contributed by atoms with Gasteiger partial charge in [0.25, 0.3) is 0 Å². The summed E-state index contributed by atoms with van der Waals surface area (Å²) in [5.74, 6) is -0.774. The van der Waals surface area contributed by atoms with E-state index < -0.39 is 5.97 Å². The predicted octanol–water partition coefficient (Wildman–Crippen LogP) is 1.40. The number of likely N-dealkylation sites (N-methyl/N-ethyl adjacent to an activating group) is 1. The second-order valence-corrected chi connectivity index (χ2v) is 5.22. The Bertz CT molecular complexity index is 507. The fraction of sp³-hybridized carbons (Fsp3) is 0.467. The molecule has 1 aliphatic rings. The molecule has 5 nitrogen and oxygen atoms in total. The number of benzene rings is 1. The number of hydrogen-bond donors (Lipinski definition) is 1. The summed E-state index contributed by atoms with van der Waals surface area (Å²) in [6.07, 6.45) is 0.952. The van der Waals surface area contributed by atoms with Crippen LogP contribution in [0.3, 0.4) is 0 Å². The number of carboxylic acids is 1. The zero-order valence-corrected chi connectivity index (χ0v) is 12.9. The Morgan fingerprint density at radius 2 is 1.95 bits per heavy atom. The van der Waals surface area contributed by atoms with Crippen molar-refractivity contribution >= 4 is 24.3 Å². The van der Waals surface area contributed by atoms with Crippen molar-refractivity contribution in [1.29, 1.82) is 0 Å². The van der Waals surface area contributed by atoms with E-state index >= 15 is 0 Å². The summed E-state index contributed by atoms with van der Waals surface area (Å²) in [5.41, 5.74) is 2.52. The molecule has 0 bridgehead atoms. The molecule has 21 heavy (non-hydrogen) atoms. The van der Waals surface area contributed by atoms with Crippen LogP contribution in [-0.4, -0.2) is 53.5 Å². The van der Waals surface area contributed by atoms with Crippen LogP contribution in [0.4, 0.5) is 0 Å². The summed E-state index contributed by atoms with van der Waals surface area (Å²) < 4.78 is 0. The number of fused-ring (bicyclic) bond motifs is 1. The number of aliphatic carboxylic acids is 1. The van der Waals surface area contributed by atoms with Crippen molar-refractivity contribution in [3.05, 3.63) is 35.4 Å². The van der Waals surface area contributed by atoms with Gasteiger partial charge in [0, 0.05) is 19.6 Å². The van der Waals surface area contributed by atoms with E-state index in [0.717, 1.165) is 13.0 Å². The van der Waals surface area contributed by atoms with Gasteiger partial charge in [-0.3, -0.25) is 14.5 Å². The lowest BCUT2D eigenvalue weighted by atomic mass is 10.00. The van der Waals surface area contributed by atoms with Gasteiger partial charge >= 0.3 is 5.97 Å². The van der Waals surface area contributed by atoms with Crippen LogP contribution >= 0.6 is 12.4 Å². The van der Waals surface area contributed by atoms with Gasteiger partial charge in [-0.15, -0.1) is 12.4 Å². The van der Waals surface area contributed by atoms with Crippen molar-refractivity contribution in [2.24, 2.45) is 0 Å². The van der Waals surface area contributed by atoms with Gasteiger partial charge in [-0.25, -0.2) is 0 Å². The normalized spacial score (nSPS) is 13.5. The quantitative estimate of drug-likeness (QED) is 0.893. The third kappa shape index (κ3) is 5.02. The average molecular weight is 313 g/mol. The van der Waals surface area contributed by atoms with Crippen molar-refractivity contribution in [3.63, 3.8) is 0 Å². The Morgan fingerprint density at radius 1 is 1.29 bits per heavy atom. The number of hydrogen-bond acceptors (Lipinski definition) is 3. The number of amides is 1. The molecule has 1 N–H and O–H groups in total. The highest BCUT2D eigenvalue weighted by atomic mass is 35.5. The molecule has 1 heterocycles. The number of rotatable bonds is 5. The maximum absolute atomic E-state index is 12.2. The first kappa shape index (κ1) is 17.5. The lowest BCUT2D eigenvalue weighted by Crippen LogP contribution is -2.42. The molecule has 1 amide bonds. The minimum absolute atomic E-state index is 0. The van der Waals surface area contributed by atoms with Crippen LogP contribution in [0.2, 0.25) is 0 Å². The van der Waals surface area contributed by atoms with Gasteiger partial charge in [0.1, 0.15) is 0 Å². The van der Waals surface area contributed by atoms with E-state index in [9.17, 15) is 9.59 Å². The molecule has 0 aromatic heterocycles. The lowest BCUT2D eigenvalue weighted by molar-refractivity contribution is -0.138. The summed E-state index contributed by atoms with van der Waals surface area (Å²) in [6.45, 7) is 2.06. The molecule has 0 spiro atoms. The van der Waals surface area contributed by atoms with Crippen LogP contribution in [0.1, 0.15) is 17.5 Å². The van der Waals surface area contributed by atoms with E-state index in [0.29, 0.717) is 13.1 Å². The molecule has 0 aliphatic carbocycles. The molecule has 116 valence electrons. The van der Waals surface area contributed by atoms with Crippen LogP contribution in [0.25, 0.3) is 0 Å². The third-order valence-electron chi connectivity index (χ3n) is 3.60. The smallest absolute Gasteiger partial charge is 0.304 e. The van der Waals surface area contributed by atoms with E-state index in [1.165, 1.54) is 11.1 Å². The van der Waals surface area contributed by atoms with Crippen LogP contribution in [0.15, 0.2) is 24.3 Å². The summed E-state index contributed by atoms with van der Waals surface area (Å²) in [4.78, 5) is 26.3. The SMILES string of the molecule is CN(CCC(=O)O)CC(=O)N1CCc2ccccc2C1.Cl. The van der Waals surface area contributed by atoms with E-state index in [2.05, 4.69) is 12.1 Å². The predicted molar refractivity (Wildman–Crippen MR) is 82.6 cm³/mol. The first-order valence-electron chi connectivity index (χ1n) is 6.81. The topological polar surface area (TPSA) is 60.9 Å². The molecule has 0 fully saturated rings. The van der Waals surface area contributed by atoms with E-state index in [4.69, 9.17) is 5.11 Å². The maximum atomic E-state index is 12.2. The summed E-state index contributed by atoms with van der Waals surface area (Å²) in [7, 11) is 1.78. The fourth-order valence-corrected chi connectivity index (χ4v) is 2.41. The largest absolute Gasteiger partial charge is 0.481 e. The molecular formula is C15H21ClN2O3. The second kappa shape index (κ2) is 8.00. The van der Waals surface area contributed by atoms with Gasteiger partial charge < -0.3 is 10.0 Å². The number of nitrogens with zero attached hydrogens (tertiary/aromatic N) is 2. The van der Waals surface area contributed by atoms with Gasteiger partial charge in [0.05, 0.1) is 13.0 Å². The highest BCUT2D eigenvalue weighted by molar-refractivity contribution is 5.85. The monoisotopic (exact) mass is 312 g/mol. The van der Waals surface area contributed by atoms with Crippen molar-refractivity contribution in [3.8, 4) is 0 Å². The molecule has 0 unspecified atom stereocenters. The van der Waals surface area contributed by atoms with E-state index in [1.807, 2.05) is 17.0 Å². The van der Waals surface area contributed by atoms with E-state index in [-0.39, 0.29) is 31.3 Å². The summed E-state index contributed by atoms with van der Waals surface area (Å²) in [6, 6.07) is 8.18. The van der Waals surface area contributed by atoms with Gasteiger partial charge in [-0.2, -0.15) is 0 Å². The number of carbonyl (C=O) groups is 2. The van der Waals surface area contributed by atoms with Crippen molar-refractivity contribution in [2.45, 2.75) is 19.4 Å². The number of carboxylic acid groups (broad SMARTS) is 1. The Kier molecular flexibility index (Phi) is 6.65. The molecule has 6 heteroatoms. The molecule has 0 saturated heterocycles. The molecule has 1 aromatic rings. The minimum Gasteiger partial charge on any atom is -0.481 e.